The number of halogens is 2. The number of carbonyl (C=O) groups excluding carboxylic acids is 2. The Morgan fingerprint density at radius 3 is 2.84 bits per heavy atom. The van der Waals surface area contributed by atoms with Gasteiger partial charge in [-0.2, -0.15) is 0 Å². The number of fused-ring (bicyclic) bond motifs is 1. The number of thiazole rings is 1. The van der Waals surface area contributed by atoms with Gasteiger partial charge in [0.1, 0.15) is 10.8 Å². The lowest BCUT2D eigenvalue weighted by molar-refractivity contribution is -0.114. The van der Waals surface area contributed by atoms with Gasteiger partial charge in [-0.1, -0.05) is 0 Å². The molecule has 19 heavy (non-hydrogen) atoms. The van der Waals surface area contributed by atoms with E-state index in [0.29, 0.717) is 15.2 Å². The Morgan fingerprint density at radius 2 is 2.16 bits per heavy atom. The fraction of sp³-hybridized carbons (Fsp3) is 0.0833. The molecule has 96 valence electrons. The number of carbonyl (C=O) groups is 2. The maximum Gasteiger partial charge on any atom is 0.299 e. The Labute approximate surface area is 120 Å². The Kier molecular flexibility index (Phi) is 2.94. The zero-order valence-corrected chi connectivity index (χ0v) is 11.8. The lowest BCUT2D eigenvalue weighted by Crippen LogP contribution is -2.29. The standard InChI is InChI=1S/C12H6BrFN2O2S/c13-8-4-6(14)3-7-10(8)16(12(18)11(7)17)5-9-15-1-2-19-9/h1-4H,5H2. The second-order valence-corrected chi connectivity index (χ2v) is 5.76. The number of ketones is 1. The molecule has 0 aliphatic carbocycles. The minimum Gasteiger partial charge on any atom is -0.297 e. The molecule has 1 aliphatic heterocycles. The molecule has 1 amide bonds. The quantitative estimate of drug-likeness (QED) is 0.790. The predicted octanol–water partition coefficient (Wildman–Crippen LogP) is 2.77. The molecule has 0 spiro atoms. The summed E-state index contributed by atoms with van der Waals surface area (Å²) in [6.07, 6.45) is 1.63. The second kappa shape index (κ2) is 4.50. The monoisotopic (exact) mass is 340 g/mol. The van der Waals surface area contributed by atoms with Crippen molar-refractivity contribution in [1.82, 2.24) is 4.98 Å². The third-order valence-corrected chi connectivity index (χ3v) is 4.13. The van der Waals surface area contributed by atoms with Crippen LogP contribution >= 0.6 is 27.3 Å². The van der Waals surface area contributed by atoms with Gasteiger partial charge in [0.05, 0.1) is 17.8 Å². The summed E-state index contributed by atoms with van der Waals surface area (Å²) in [5.41, 5.74) is 0.500. The first-order chi connectivity index (χ1) is 9.08. The maximum absolute atomic E-state index is 13.3. The average Bonchev–Trinajstić information content (AvgIpc) is 2.93. The van der Waals surface area contributed by atoms with Crippen LogP contribution in [0.15, 0.2) is 28.2 Å². The second-order valence-electron chi connectivity index (χ2n) is 3.93. The highest BCUT2D eigenvalue weighted by Crippen LogP contribution is 2.37. The van der Waals surface area contributed by atoms with E-state index in [-0.39, 0.29) is 12.1 Å². The first kappa shape index (κ1) is 12.4. The highest BCUT2D eigenvalue weighted by Gasteiger charge is 2.38. The summed E-state index contributed by atoms with van der Waals surface area (Å²) in [7, 11) is 0. The van der Waals surface area contributed by atoms with Crippen LogP contribution in [0.3, 0.4) is 0 Å². The molecule has 0 atom stereocenters. The predicted molar refractivity (Wildman–Crippen MR) is 71.7 cm³/mol. The van der Waals surface area contributed by atoms with Crippen LogP contribution in [0.4, 0.5) is 10.1 Å². The van der Waals surface area contributed by atoms with Gasteiger partial charge in [-0.3, -0.25) is 14.5 Å². The lowest BCUT2D eigenvalue weighted by Gasteiger charge is -2.16. The summed E-state index contributed by atoms with van der Waals surface area (Å²) in [6.45, 7) is 0.208. The SMILES string of the molecule is O=C1C(=O)N(Cc2nccs2)c2c(Br)cc(F)cc21. The first-order valence-corrected chi connectivity index (χ1v) is 6.99. The van der Waals surface area contributed by atoms with E-state index in [2.05, 4.69) is 20.9 Å². The van der Waals surface area contributed by atoms with E-state index >= 15 is 0 Å². The third-order valence-electron chi connectivity index (χ3n) is 2.76. The third kappa shape index (κ3) is 1.98. The minimum absolute atomic E-state index is 0.0911. The van der Waals surface area contributed by atoms with Gasteiger partial charge in [-0.25, -0.2) is 9.37 Å². The van der Waals surface area contributed by atoms with E-state index in [1.165, 1.54) is 22.3 Å². The topological polar surface area (TPSA) is 50.3 Å². The Hall–Kier alpha value is -1.60. The van der Waals surface area contributed by atoms with Crippen molar-refractivity contribution < 1.29 is 14.0 Å². The van der Waals surface area contributed by atoms with Crippen LogP contribution in [0.2, 0.25) is 0 Å². The first-order valence-electron chi connectivity index (χ1n) is 5.31. The Bertz CT molecular complexity index is 687. The number of anilines is 1. The molecule has 1 aromatic heterocycles. The summed E-state index contributed by atoms with van der Waals surface area (Å²) in [5.74, 6) is -1.90. The molecule has 3 rings (SSSR count). The average molecular weight is 341 g/mol. The number of hydrogen-bond donors (Lipinski definition) is 0. The number of nitrogens with zero attached hydrogens (tertiary/aromatic N) is 2. The van der Waals surface area contributed by atoms with Crippen LogP contribution in [-0.2, 0) is 11.3 Å². The Balaban J connectivity index is 2.09. The van der Waals surface area contributed by atoms with Gasteiger partial charge in [-0.05, 0) is 28.1 Å². The van der Waals surface area contributed by atoms with E-state index in [9.17, 15) is 14.0 Å². The maximum atomic E-state index is 13.3. The Morgan fingerprint density at radius 1 is 1.37 bits per heavy atom. The molecule has 1 aromatic carbocycles. The summed E-state index contributed by atoms with van der Waals surface area (Å²) in [4.78, 5) is 29.2. The van der Waals surface area contributed by atoms with E-state index in [1.54, 1.807) is 11.6 Å². The molecule has 0 saturated carbocycles. The molecule has 7 heteroatoms. The summed E-state index contributed by atoms with van der Waals surface area (Å²) < 4.78 is 13.7. The van der Waals surface area contributed by atoms with Crippen molar-refractivity contribution in [2.75, 3.05) is 4.90 Å². The summed E-state index contributed by atoms with van der Waals surface area (Å²) in [5, 5.41) is 2.50. The van der Waals surface area contributed by atoms with Crippen molar-refractivity contribution in [2.24, 2.45) is 0 Å². The van der Waals surface area contributed by atoms with Crippen LogP contribution in [0.1, 0.15) is 15.4 Å². The largest absolute Gasteiger partial charge is 0.299 e. The van der Waals surface area contributed by atoms with Gasteiger partial charge in [0.25, 0.3) is 11.7 Å². The van der Waals surface area contributed by atoms with Gasteiger partial charge >= 0.3 is 0 Å². The van der Waals surface area contributed by atoms with Crippen LogP contribution < -0.4 is 4.90 Å². The highest BCUT2D eigenvalue weighted by atomic mass is 79.9. The van der Waals surface area contributed by atoms with Gasteiger partial charge < -0.3 is 0 Å². The molecule has 0 unspecified atom stereocenters. The lowest BCUT2D eigenvalue weighted by atomic mass is 10.1. The fourth-order valence-electron chi connectivity index (χ4n) is 1.97. The van der Waals surface area contributed by atoms with E-state index in [1.807, 2.05) is 0 Å². The molecule has 0 radical (unpaired) electrons. The van der Waals surface area contributed by atoms with Crippen molar-refractivity contribution in [2.45, 2.75) is 6.54 Å². The molecule has 0 N–H and O–H groups in total. The van der Waals surface area contributed by atoms with Gasteiger partial charge in [0.15, 0.2) is 0 Å². The molecule has 0 bridgehead atoms. The van der Waals surface area contributed by atoms with Crippen molar-refractivity contribution in [3.05, 3.63) is 44.6 Å². The molecule has 0 fully saturated rings. The summed E-state index contributed by atoms with van der Waals surface area (Å²) >= 11 is 4.59. The highest BCUT2D eigenvalue weighted by molar-refractivity contribution is 9.10. The zero-order valence-electron chi connectivity index (χ0n) is 9.39. The zero-order chi connectivity index (χ0) is 13.6. The summed E-state index contributed by atoms with van der Waals surface area (Å²) in [6, 6.07) is 2.32. The smallest absolute Gasteiger partial charge is 0.297 e. The van der Waals surface area contributed by atoms with E-state index in [4.69, 9.17) is 0 Å². The molecule has 2 aromatic rings. The van der Waals surface area contributed by atoms with Crippen molar-refractivity contribution in [1.29, 1.82) is 0 Å². The minimum atomic E-state index is -0.688. The van der Waals surface area contributed by atoms with Gasteiger partial charge in [0.2, 0.25) is 0 Å². The number of rotatable bonds is 2. The molecular formula is C12H6BrFN2O2S. The van der Waals surface area contributed by atoms with Crippen LogP contribution in [-0.4, -0.2) is 16.7 Å². The number of aromatic nitrogens is 1. The van der Waals surface area contributed by atoms with E-state index < -0.39 is 17.5 Å². The number of Topliss-reactive ketones (excluding diaryl/α,β-unsaturated/α-hetero) is 1. The normalized spacial score (nSPS) is 14.1. The molecule has 0 saturated heterocycles. The number of hydrogen-bond acceptors (Lipinski definition) is 4. The van der Waals surface area contributed by atoms with Gasteiger partial charge in [-0.15, -0.1) is 11.3 Å². The molecule has 1 aliphatic rings. The number of benzene rings is 1. The van der Waals surface area contributed by atoms with Crippen molar-refractivity contribution >= 4 is 44.6 Å². The van der Waals surface area contributed by atoms with Crippen molar-refractivity contribution in [3.8, 4) is 0 Å². The van der Waals surface area contributed by atoms with Crippen LogP contribution in [0.5, 0.6) is 0 Å². The molecule has 4 nitrogen and oxygen atoms in total. The molecular weight excluding hydrogens is 335 g/mol. The molecule has 2 heterocycles. The van der Waals surface area contributed by atoms with E-state index in [0.717, 1.165) is 6.07 Å². The van der Waals surface area contributed by atoms with Crippen molar-refractivity contribution in [3.63, 3.8) is 0 Å². The van der Waals surface area contributed by atoms with Crippen LogP contribution in [0.25, 0.3) is 0 Å². The van der Waals surface area contributed by atoms with Gasteiger partial charge in [0, 0.05) is 16.0 Å². The number of amides is 1. The van der Waals surface area contributed by atoms with Crippen LogP contribution in [0, 0.1) is 5.82 Å². The fourth-order valence-corrected chi connectivity index (χ4v) is 3.22.